The maximum absolute atomic E-state index is 5.54. The molecule has 0 aliphatic rings. The highest BCUT2D eigenvalue weighted by Crippen LogP contribution is 2.27. The number of aliphatic imine (C=N–C) groups is 1. The highest BCUT2D eigenvalue weighted by Gasteiger charge is 2.06. The van der Waals surface area contributed by atoms with Crippen LogP contribution in [0.4, 0.5) is 0 Å². The van der Waals surface area contributed by atoms with Gasteiger partial charge in [0.2, 0.25) is 0 Å². The van der Waals surface area contributed by atoms with E-state index in [9.17, 15) is 0 Å². The molecule has 0 saturated carbocycles. The van der Waals surface area contributed by atoms with Crippen molar-refractivity contribution in [1.29, 1.82) is 0 Å². The zero-order valence-electron chi connectivity index (χ0n) is 16.4. The molecule has 27 heavy (non-hydrogen) atoms. The zero-order valence-corrected chi connectivity index (χ0v) is 18.7. The molecule has 0 fully saturated rings. The Labute approximate surface area is 177 Å². The van der Waals surface area contributed by atoms with Gasteiger partial charge >= 0.3 is 0 Å². The first kappa shape index (κ1) is 23.0. The Kier molecular flexibility index (Phi) is 10.5. The van der Waals surface area contributed by atoms with Gasteiger partial charge in [-0.1, -0.05) is 13.0 Å². The number of hydrogen-bond acceptors (Lipinski definition) is 5. The van der Waals surface area contributed by atoms with E-state index in [2.05, 4.69) is 32.7 Å². The lowest BCUT2D eigenvalue weighted by Gasteiger charge is -2.14. The molecular formula is C18H29IN6O2. The fourth-order valence-corrected chi connectivity index (χ4v) is 2.54. The number of methoxy groups -OCH3 is 1. The minimum absolute atomic E-state index is 0. The van der Waals surface area contributed by atoms with Gasteiger partial charge in [0.25, 0.3) is 0 Å². The van der Waals surface area contributed by atoms with Gasteiger partial charge in [-0.15, -0.1) is 34.2 Å². The van der Waals surface area contributed by atoms with Gasteiger partial charge in [-0.3, -0.25) is 4.99 Å². The van der Waals surface area contributed by atoms with Crippen molar-refractivity contribution in [2.45, 2.75) is 33.4 Å². The minimum Gasteiger partial charge on any atom is -0.493 e. The third-order valence-electron chi connectivity index (χ3n) is 3.87. The highest BCUT2D eigenvalue weighted by atomic mass is 127. The van der Waals surface area contributed by atoms with Crippen molar-refractivity contribution in [2.75, 3.05) is 27.3 Å². The molecule has 9 heteroatoms. The summed E-state index contributed by atoms with van der Waals surface area (Å²) in [5.41, 5.74) is 1.08. The monoisotopic (exact) mass is 488 g/mol. The van der Waals surface area contributed by atoms with Crippen molar-refractivity contribution >= 4 is 29.9 Å². The van der Waals surface area contributed by atoms with E-state index >= 15 is 0 Å². The van der Waals surface area contributed by atoms with Gasteiger partial charge in [-0.05, 0) is 24.6 Å². The van der Waals surface area contributed by atoms with Crippen LogP contribution >= 0.6 is 24.0 Å². The van der Waals surface area contributed by atoms with Gasteiger partial charge in [0, 0.05) is 33.1 Å². The molecule has 0 aliphatic heterocycles. The average molecular weight is 488 g/mol. The van der Waals surface area contributed by atoms with Crippen molar-refractivity contribution in [2.24, 2.45) is 4.99 Å². The summed E-state index contributed by atoms with van der Waals surface area (Å²) in [6.07, 6.45) is 2.62. The van der Waals surface area contributed by atoms with Gasteiger partial charge in [-0.2, -0.15) is 0 Å². The maximum atomic E-state index is 5.54. The van der Waals surface area contributed by atoms with Crippen molar-refractivity contribution < 1.29 is 9.47 Å². The molecule has 0 atom stereocenters. The lowest BCUT2D eigenvalue weighted by Crippen LogP contribution is -2.38. The van der Waals surface area contributed by atoms with Crippen LogP contribution in [0.15, 0.2) is 29.5 Å². The zero-order chi connectivity index (χ0) is 18.8. The molecule has 8 nitrogen and oxygen atoms in total. The van der Waals surface area contributed by atoms with Gasteiger partial charge in [-0.25, -0.2) is 0 Å². The second kappa shape index (κ2) is 12.4. The first-order valence-corrected chi connectivity index (χ1v) is 8.82. The number of aromatic nitrogens is 3. The summed E-state index contributed by atoms with van der Waals surface area (Å²) in [7, 11) is 3.40. The number of benzene rings is 1. The van der Waals surface area contributed by atoms with E-state index in [0.29, 0.717) is 13.2 Å². The van der Waals surface area contributed by atoms with Crippen LogP contribution < -0.4 is 20.1 Å². The molecule has 1 aromatic heterocycles. The van der Waals surface area contributed by atoms with Gasteiger partial charge in [0.05, 0.1) is 13.7 Å². The normalized spacial score (nSPS) is 10.9. The Morgan fingerprint density at radius 3 is 2.70 bits per heavy atom. The fourth-order valence-electron chi connectivity index (χ4n) is 2.54. The average Bonchev–Trinajstić information content (AvgIpc) is 3.13. The first-order chi connectivity index (χ1) is 12.7. The number of nitrogens with zero attached hydrogens (tertiary/aromatic N) is 4. The van der Waals surface area contributed by atoms with E-state index in [0.717, 1.165) is 48.4 Å². The molecule has 1 heterocycles. The molecule has 0 aliphatic carbocycles. The van der Waals surface area contributed by atoms with Crippen LogP contribution in [0.3, 0.4) is 0 Å². The van der Waals surface area contributed by atoms with Gasteiger partial charge in [0.15, 0.2) is 17.5 Å². The van der Waals surface area contributed by atoms with Crippen LogP contribution in [0.2, 0.25) is 0 Å². The number of halogens is 1. The Morgan fingerprint density at radius 1 is 1.22 bits per heavy atom. The molecule has 0 spiro atoms. The second-order valence-electron chi connectivity index (χ2n) is 5.56. The largest absolute Gasteiger partial charge is 0.493 e. The van der Waals surface area contributed by atoms with Gasteiger partial charge in [0.1, 0.15) is 12.2 Å². The van der Waals surface area contributed by atoms with Crippen LogP contribution in [-0.2, 0) is 19.5 Å². The van der Waals surface area contributed by atoms with E-state index in [1.807, 2.05) is 29.7 Å². The van der Waals surface area contributed by atoms with E-state index in [-0.39, 0.29) is 24.0 Å². The van der Waals surface area contributed by atoms with Crippen LogP contribution in [-0.4, -0.2) is 48.0 Å². The number of rotatable bonds is 9. The summed E-state index contributed by atoms with van der Waals surface area (Å²) in [6.45, 7) is 6.78. The Bertz CT molecular complexity index is 720. The molecule has 0 amide bonds. The molecule has 2 rings (SSSR count). The van der Waals surface area contributed by atoms with Crippen LogP contribution in [0.1, 0.15) is 25.2 Å². The third-order valence-corrected chi connectivity index (χ3v) is 3.87. The molecule has 150 valence electrons. The van der Waals surface area contributed by atoms with Crippen LogP contribution in [0, 0.1) is 0 Å². The molecule has 2 aromatic rings. The van der Waals surface area contributed by atoms with Gasteiger partial charge < -0.3 is 24.7 Å². The summed E-state index contributed by atoms with van der Waals surface area (Å²) in [6, 6.07) is 5.91. The molecule has 2 N–H and O–H groups in total. The van der Waals surface area contributed by atoms with E-state index in [1.165, 1.54) is 0 Å². The number of ether oxygens (including phenoxy) is 2. The highest BCUT2D eigenvalue weighted by molar-refractivity contribution is 14.0. The lowest BCUT2D eigenvalue weighted by atomic mass is 10.2. The van der Waals surface area contributed by atoms with E-state index in [1.54, 1.807) is 20.5 Å². The molecule has 0 bridgehead atoms. The predicted molar refractivity (Wildman–Crippen MR) is 117 cm³/mol. The molecule has 0 unspecified atom stereocenters. The molecule has 1 aromatic carbocycles. The molecule has 0 saturated heterocycles. The van der Waals surface area contributed by atoms with Crippen molar-refractivity contribution in [3.63, 3.8) is 0 Å². The molecular weight excluding hydrogens is 459 g/mol. The predicted octanol–water partition coefficient (Wildman–Crippen LogP) is 2.23. The maximum Gasteiger partial charge on any atom is 0.191 e. The van der Waals surface area contributed by atoms with Crippen LogP contribution in [0.5, 0.6) is 11.5 Å². The number of hydrogen-bond donors (Lipinski definition) is 2. The van der Waals surface area contributed by atoms with Crippen molar-refractivity contribution in [1.82, 2.24) is 25.4 Å². The topological polar surface area (TPSA) is 85.6 Å². The second-order valence-corrected chi connectivity index (χ2v) is 5.56. The summed E-state index contributed by atoms with van der Waals surface area (Å²) >= 11 is 0. The first-order valence-electron chi connectivity index (χ1n) is 8.82. The van der Waals surface area contributed by atoms with Crippen molar-refractivity contribution in [3.05, 3.63) is 35.9 Å². The quantitative estimate of drug-likeness (QED) is 0.320. The summed E-state index contributed by atoms with van der Waals surface area (Å²) in [5, 5.41) is 14.6. The summed E-state index contributed by atoms with van der Waals surface area (Å²) in [4.78, 5) is 4.25. The Morgan fingerprint density at radius 2 is 2.04 bits per heavy atom. The number of guanidine groups is 1. The smallest absolute Gasteiger partial charge is 0.191 e. The Balaban J connectivity index is 0.00000364. The van der Waals surface area contributed by atoms with E-state index < -0.39 is 0 Å². The van der Waals surface area contributed by atoms with Crippen molar-refractivity contribution in [3.8, 4) is 11.5 Å². The van der Waals surface area contributed by atoms with E-state index in [4.69, 9.17) is 9.47 Å². The SMILES string of the molecule is CCOc1ccc(CNC(=NC)NCCn2cnnc2CC)cc1OC.I. The number of aryl methyl sites for hydroxylation is 1. The number of nitrogens with one attached hydrogen (secondary N) is 2. The molecule has 0 radical (unpaired) electrons. The van der Waals surface area contributed by atoms with Crippen LogP contribution in [0.25, 0.3) is 0 Å². The minimum atomic E-state index is 0. The lowest BCUT2D eigenvalue weighted by molar-refractivity contribution is 0.310. The summed E-state index contributed by atoms with van der Waals surface area (Å²) in [5.74, 6) is 3.20. The third kappa shape index (κ3) is 6.89. The fraction of sp³-hybridized carbons (Fsp3) is 0.500. The Hall–Kier alpha value is -2.04. The standard InChI is InChI=1S/C18H28N6O2.HI/c1-5-17-23-22-13-24(17)10-9-20-18(19-3)21-12-14-7-8-15(26-6-2)16(11-14)25-4;/h7-8,11,13H,5-6,9-10,12H2,1-4H3,(H2,19,20,21);1H. The summed E-state index contributed by atoms with van der Waals surface area (Å²) < 4.78 is 13.0.